The Hall–Kier alpha value is -2.57. The van der Waals surface area contributed by atoms with E-state index in [-0.39, 0.29) is 24.8 Å². The van der Waals surface area contributed by atoms with Crippen molar-refractivity contribution < 1.29 is 24.2 Å². The molecule has 2 N–H and O–H groups in total. The van der Waals surface area contributed by atoms with Crippen molar-refractivity contribution in [2.24, 2.45) is 5.92 Å². The molecular formula is C18H24N2O5. The topological polar surface area (TPSA) is 95.9 Å². The molecule has 0 radical (unpaired) electrons. The Kier molecular flexibility index (Phi) is 6.01. The minimum atomic E-state index is -1.05. The summed E-state index contributed by atoms with van der Waals surface area (Å²) in [6, 6.07) is 6.21. The monoisotopic (exact) mass is 348 g/mol. The summed E-state index contributed by atoms with van der Waals surface area (Å²) >= 11 is 0. The van der Waals surface area contributed by atoms with Crippen LogP contribution in [0.3, 0.4) is 0 Å². The van der Waals surface area contributed by atoms with E-state index in [4.69, 9.17) is 4.74 Å². The Balaban J connectivity index is 2.03. The molecule has 0 fully saturated rings. The van der Waals surface area contributed by atoms with Crippen LogP contribution in [0.5, 0.6) is 5.75 Å². The van der Waals surface area contributed by atoms with Gasteiger partial charge in [-0.05, 0) is 25.0 Å². The number of fused-ring (bicyclic) bond motifs is 1. The number of rotatable bonds is 7. The van der Waals surface area contributed by atoms with Gasteiger partial charge in [0.1, 0.15) is 11.8 Å². The minimum Gasteiger partial charge on any atom is -0.480 e. The van der Waals surface area contributed by atoms with Gasteiger partial charge in [0.25, 0.3) is 5.91 Å². The number of hydrogen-bond donors (Lipinski definition) is 2. The van der Waals surface area contributed by atoms with Gasteiger partial charge in [-0.25, -0.2) is 4.79 Å². The first-order valence-corrected chi connectivity index (χ1v) is 8.44. The number of ether oxygens (including phenoxy) is 1. The minimum absolute atomic E-state index is 0.0208. The fraction of sp³-hybridized carbons (Fsp3) is 0.500. The van der Waals surface area contributed by atoms with Crippen LogP contribution in [0.25, 0.3) is 0 Å². The molecule has 3 atom stereocenters. The normalized spacial score (nSPS) is 18.8. The maximum Gasteiger partial charge on any atom is 0.326 e. The van der Waals surface area contributed by atoms with Crippen LogP contribution in [0.15, 0.2) is 24.3 Å². The van der Waals surface area contributed by atoms with E-state index in [9.17, 15) is 19.5 Å². The van der Waals surface area contributed by atoms with Gasteiger partial charge in [-0.15, -0.1) is 0 Å². The molecule has 2 rings (SSSR count). The van der Waals surface area contributed by atoms with Crippen molar-refractivity contribution in [1.82, 2.24) is 5.32 Å². The van der Waals surface area contributed by atoms with Gasteiger partial charge >= 0.3 is 5.97 Å². The molecule has 2 amide bonds. The summed E-state index contributed by atoms with van der Waals surface area (Å²) in [5, 5.41) is 11.8. The summed E-state index contributed by atoms with van der Waals surface area (Å²) in [6.07, 6.45) is 0.0433. The highest BCUT2D eigenvalue weighted by Gasteiger charge is 2.32. The summed E-state index contributed by atoms with van der Waals surface area (Å²) in [7, 11) is 0. The average Bonchev–Trinajstić information content (AvgIpc) is 2.59. The van der Waals surface area contributed by atoms with Gasteiger partial charge in [0.15, 0.2) is 6.10 Å². The number of amides is 2. The van der Waals surface area contributed by atoms with Crippen LogP contribution in [-0.4, -0.2) is 41.6 Å². The lowest BCUT2D eigenvalue weighted by Crippen LogP contribution is -2.48. The third-order valence-electron chi connectivity index (χ3n) is 4.43. The number of para-hydroxylation sites is 2. The quantitative estimate of drug-likeness (QED) is 0.783. The Morgan fingerprint density at radius 2 is 2.04 bits per heavy atom. The van der Waals surface area contributed by atoms with Crippen LogP contribution >= 0.6 is 0 Å². The molecule has 1 aromatic carbocycles. The van der Waals surface area contributed by atoms with Gasteiger partial charge in [-0.2, -0.15) is 0 Å². The average molecular weight is 348 g/mol. The highest BCUT2D eigenvalue weighted by atomic mass is 16.5. The van der Waals surface area contributed by atoms with Crippen LogP contribution < -0.4 is 15.0 Å². The second-order valence-corrected chi connectivity index (χ2v) is 6.24. The number of anilines is 1. The maximum atomic E-state index is 12.4. The number of nitrogens with one attached hydrogen (secondary N) is 1. The second kappa shape index (κ2) is 8.00. The predicted molar refractivity (Wildman–Crippen MR) is 92.5 cm³/mol. The fourth-order valence-electron chi connectivity index (χ4n) is 2.73. The number of aliphatic carboxylic acids is 1. The van der Waals surface area contributed by atoms with Crippen molar-refractivity contribution in [3.63, 3.8) is 0 Å². The Labute approximate surface area is 147 Å². The summed E-state index contributed by atoms with van der Waals surface area (Å²) in [5.41, 5.74) is 0.620. The number of carboxylic acids is 1. The van der Waals surface area contributed by atoms with E-state index >= 15 is 0 Å². The van der Waals surface area contributed by atoms with Crippen LogP contribution in [0.1, 0.15) is 33.6 Å². The number of hydrogen-bond acceptors (Lipinski definition) is 4. The zero-order chi connectivity index (χ0) is 18.6. The molecule has 0 bridgehead atoms. The summed E-state index contributed by atoms with van der Waals surface area (Å²) < 4.78 is 5.55. The lowest BCUT2D eigenvalue weighted by atomic mass is 9.99. The zero-order valence-electron chi connectivity index (χ0n) is 14.7. The molecule has 0 unspecified atom stereocenters. The third kappa shape index (κ3) is 4.29. The van der Waals surface area contributed by atoms with Crippen LogP contribution in [0, 0.1) is 5.92 Å². The Morgan fingerprint density at radius 3 is 2.68 bits per heavy atom. The molecule has 136 valence electrons. The smallest absolute Gasteiger partial charge is 0.326 e. The van der Waals surface area contributed by atoms with E-state index in [0.717, 1.165) is 0 Å². The molecular weight excluding hydrogens is 324 g/mol. The molecule has 7 heteroatoms. The molecule has 1 aliphatic rings. The van der Waals surface area contributed by atoms with Crippen molar-refractivity contribution in [1.29, 1.82) is 0 Å². The molecule has 0 aromatic heterocycles. The SMILES string of the molecule is CC[C@H](C)[C@H](NC(=O)CCN1C(=O)[C@@H](C)Oc2ccccc21)C(=O)O. The molecule has 0 saturated carbocycles. The van der Waals surface area contributed by atoms with E-state index < -0.39 is 24.0 Å². The van der Waals surface area contributed by atoms with E-state index in [1.807, 2.05) is 13.0 Å². The summed E-state index contributed by atoms with van der Waals surface area (Å²) in [4.78, 5) is 37.4. The first kappa shape index (κ1) is 18.8. The fourth-order valence-corrected chi connectivity index (χ4v) is 2.73. The zero-order valence-corrected chi connectivity index (χ0v) is 14.7. The van der Waals surface area contributed by atoms with E-state index in [2.05, 4.69) is 5.32 Å². The van der Waals surface area contributed by atoms with Gasteiger partial charge in [-0.1, -0.05) is 32.4 Å². The van der Waals surface area contributed by atoms with Crippen LogP contribution in [-0.2, 0) is 14.4 Å². The summed E-state index contributed by atoms with van der Waals surface area (Å²) in [6.45, 7) is 5.48. The Bertz CT molecular complexity index is 661. The Morgan fingerprint density at radius 1 is 1.36 bits per heavy atom. The van der Waals surface area contributed by atoms with E-state index in [1.54, 1.807) is 32.0 Å². The maximum absolute atomic E-state index is 12.4. The van der Waals surface area contributed by atoms with Crippen molar-refractivity contribution in [2.45, 2.75) is 45.8 Å². The largest absolute Gasteiger partial charge is 0.480 e. The predicted octanol–water partition coefficient (Wildman–Crippen LogP) is 1.81. The van der Waals surface area contributed by atoms with Crippen molar-refractivity contribution in [2.75, 3.05) is 11.4 Å². The molecule has 1 heterocycles. The van der Waals surface area contributed by atoms with Gasteiger partial charge in [0, 0.05) is 13.0 Å². The van der Waals surface area contributed by atoms with Crippen LogP contribution in [0.4, 0.5) is 5.69 Å². The van der Waals surface area contributed by atoms with Gasteiger partial charge in [-0.3, -0.25) is 9.59 Å². The highest BCUT2D eigenvalue weighted by molar-refractivity contribution is 6.00. The standard InChI is InChI=1S/C18H24N2O5/c1-4-11(2)16(18(23)24)19-15(21)9-10-20-13-7-5-6-8-14(13)25-12(3)17(20)22/h5-8,11-12,16H,4,9-10H2,1-3H3,(H,19,21)(H,23,24)/t11-,12+,16-/m0/s1. The number of benzene rings is 1. The number of carbonyl (C=O) groups is 3. The van der Waals surface area contributed by atoms with Crippen molar-refractivity contribution in [3.8, 4) is 5.75 Å². The molecule has 0 saturated heterocycles. The van der Waals surface area contributed by atoms with Gasteiger partial charge < -0.3 is 20.1 Å². The van der Waals surface area contributed by atoms with E-state index in [1.165, 1.54) is 4.90 Å². The molecule has 1 aromatic rings. The molecule has 0 aliphatic carbocycles. The number of carboxylic acid groups (broad SMARTS) is 1. The lowest BCUT2D eigenvalue weighted by Gasteiger charge is -2.33. The number of nitrogens with zero attached hydrogens (tertiary/aromatic N) is 1. The first-order valence-electron chi connectivity index (χ1n) is 8.44. The first-order chi connectivity index (χ1) is 11.8. The van der Waals surface area contributed by atoms with Crippen molar-refractivity contribution >= 4 is 23.5 Å². The molecule has 25 heavy (non-hydrogen) atoms. The number of carbonyl (C=O) groups excluding carboxylic acids is 2. The molecule has 1 aliphatic heterocycles. The van der Waals surface area contributed by atoms with Gasteiger partial charge in [0.05, 0.1) is 5.69 Å². The van der Waals surface area contributed by atoms with Crippen LogP contribution in [0.2, 0.25) is 0 Å². The lowest BCUT2D eigenvalue weighted by molar-refractivity contribution is -0.143. The van der Waals surface area contributed by atoms with E-state index in [0.29, 0.717) is 17.9 Å². The molecule has 0 spiro atoms. The second-order valence-electron chi connectivity index (χ2n) is 6.24. The third-order valence-corrected chi connectivity index (χ3v) is 4.43. The van der Waals surface area contributed by atoms with Crippen molar-refractivity contribution in [3.05, 3.63) is 24.3 Å². The highest BCUT2D eigenvalue weighted by Crippen LogP contribution is 2.33. The van der Waals surface area contributed by atoms with Gasteiger partial charge in [0.2, 0.25) is 5.91 Å². The molecule has 7 nitrogen and oxygen atoms in total. The summed E-state index contributed by atoms with van der Waals surface area (Å²) in [5.74, 6) is -1.24.